The van der Waals surface area contributed by atoms with E-state index in [-0.39, 0.29) is 0 Å². The van der Waals surface area contributed by atoms with Gasteiger partial charge in [0.2, 0.25) is 0 Å². The molecule has 94 valence electrons. The van der Waals surface area contributed by atoms with Crippen LogP contribution in [0.5, 0.6) is 0 Å². The number of hydrogen-bond acceptors (Lipinski definition) is 4. The number of imidazole rings is 1. The summed E-state index contributed by atoms with van der Waals surface area (Å²) in [6, 6.07) is 2.09. The van der Waals surface area contributed by atoms with Gasteiger partial charge in [-0.1, -0.05) is 6.92 Å². The molecule has 3 heterocycles. The van der Waals surface area contributed by atoms with Gasteiger partial charge < -0.3 is 9.47 Å². The van der Waals surface area contributed by atoms with Crippen molar-refractivity contribution in [2.75, 3.05) is 18.0 Å². The van der Waals surface area contributed by atoms with Gasteiger partial charge >= 0.3 is 0 Å². The van der Waals surface area contributed by atoms with E-state index >= 15 is 0 Å². The molecule has 2 aromatic rings. The van der Waals surface area contributed by atoms with Crippen molar-refractivity contribution in [3.05, 3.63) is 36.8 Å². The molecule has 1 fully saturated rings. The van der Waals surface area contributed by atoms with Crippen molar-refractivity contribution in [1.29, 1.82) is 0 Å². The lowest BCUT2D eigenvalue weighted by atomic mass is 10.00. The normalized spacial score (nSPS) is 15.7. The van der Waals surface area contributed by atoms with Crippen LogP contribution in [0.3, 0.4) is 0 Å². The van der Waals surface area contributed by atoms with Gasteiger partial charge in [0.25, 0.3) is 0 Å². The summed E-state index contributed by atoms with van der Waals surface area (Å²) in [6.07, 6.45) is 8.35. The van der Waals surface area contributed by atoms with Crippen molar-refractivity contribution in [2.45, 2.75) is 19.9 Å². The third-order valence-corrected chi connectivity index (χ3v) is 3.38. The molecule has 0 unspecified atom stereocenters. The van der Waals surface area contributed by atoms with Crippen LogP contribution < -0.4 is 4.90 Å². The Bertz CT molecular complexity index is 502. The lowest BCUT2D eigenvalue weighted by molar-refractivity contribution is 0.355. The first-order chi connectivity index (χ1) is 8.85. The maximum Gasteiger partial charge on any atom is 0.132 e. The van der Waals surface area contributed by atoms with Gasteiger partial charge in [-0.25, -0.2) is 15.0 Å². The van der Waals surface area contributed by atoms with Crippen LogP contribution in [-0.4, -0.2) is 32.6 Å². The summed E-state index contributed by atoms with van der Waals surface area (Å²) in [6.45, 7) is 5.29. The Morgan fingerprint density at radius 2 is 2.22 bits per heavy atom. The molecule has 0 spiro atoms. The number of hydrogen-bond donors (Lipinski definition) is 0. The third-order valence-electron chi connectivity index (χ3n) is 3.38. The van der Waals surface area contributed by atoms with Gasteiger partial charge in [-0.05, 0) is 6.42 Å². The summed E-state index contributed by atoms with van der Waals surface area (Å²) in [5, 5.41) is 0. The Balaban J connectivity index is 1.58. The highest BCUT2D eigenvalue weighted by Gasteiger charge is 2.27. The standard InChI is InChI=1S/C13H17N5/c1-2-12-5-13(16-9-15-12)18-7-11(8-18)6-17-4-3-14-10-17/h3-5,9-11H,2,6-8H2,1H3. The van der Waals surface area contributed by atoms with E-state index in [0.717, 1.165) is 37.6 Å². The highest BCUT2D eigenvalue weighted by molar-refractivity contribution is 5.41. The van der Waals surface area contributed by atoms with Crippen LogP contribution in [0.1, 0.15) is 12.6 Å². The maximum atomic E-state index is 4.34. The minimum Gasteiger partial charge on any atom is -0.356 e. The zero-order valence-corrected chi connectivity index (χ0v) is 10.5. The van der Waals surface area contributed by atoms with Crippen LogP contribution in [0, 0.1) is 5.92 Å². The van der Waals surface area contributed by atoms with Crippen LogP contribution in [0.25, 0.3) is 0 Å². The monoisotopic (exact) mass is 243 g/mol. The van der Waals surface area contributed by atoms with Crippen LogP contribution in [0.15, 0.2) is 31.1 Å². The van der Waals surface area contributed by atoms with Gasteiger partial charge in [0.05, 0.1) is 6.33 Å². The minimum absolute atomic E-state index is 0.694. The van der Waals surface area contributed by atoms with Crippen LogP contribution in [0.4, 0.5) is 5.82 Å². The highest BCUT2D eigenvalue weighted by Crippen LogP contribution is 2.23. The summed E-state index contributed by atoms with van der Waals surface area (Å²) >= 11 is 0. The predicted octanol–water partition coefficient (Wildman–Crippen LogP) is 1.37. The fourth-order valence-corrected chi connectivity index (χ4v) is 2.32. The molecule has 1 saturated heterocycles. The molecule has 0 bridgehead atoms. The molecule has 5 heteroatoms. The molecule has 5 nitrogen and oxygen atoms in total. The fraction of sp³-hybridized carbons (Fsp3) is 0.462. The smallest absolute Gasteiger partial charge is 0.132 e. The fourth-order valence-electron chi connectivity index (χ4n) is 2.32. The lowest BCUT2D eigenvalue weighted by Gasteiger charge is -2.40. The van der Waals surface area contributed by atoms with Gasteiger partial charge in [0, 0.05) is 49.7 Å². The van der Waals surface area contributed by atoms with E-state index in [1.807, 2.05) is 18.7 Å². The summed E-state index contributed by atoms with van der Waals surface area (Å²) in [4.78, 5) is 14.9. The topological polar surface area (TPSA) is 46.8 Å². The molecule has 3 rings (SSSR count). The van der Waals surface area contributed by atoms with E-state index in [1.54, 1.807) is 6.33 Å². The molecule has 0 amide bonds. The van der Waals surface area contributed by atoms with Crippen molar-refractivity contribution in [3.63, 3.8) is 0 Å². The number of aromatic nitrogens is 4. The zero-order valence-electron chi connectivity index (χ0n) is 10.5. The second-order valence-corrected chi connectivity index (χ2v) is 4.75. The zero-order chi connectivity index (χ0) is 12.4. The Morgan fingerprint density at radius 3 is 2.94 bits per heavy atom. The molecule has 2 aromatic heterocycles. The average Bonchev–Trinajstić information content (AvgIpc) is 2.86. The van der Waals surface area contributed by atoms with Crippen molar-refractivity contribution < 1.29 is 0 Å². The first kappa shape index (κ1) is 11.2. The summed E-state index contributed by atoms with van der Waals surface area (Å²) in [5.41, 5.74) is 1.11. The van der Waals surface area contributed by atoms with Crippen molar-refractivity contribution in [2.24, 2.45) is 5.92 Å². The van der Waals surface area contributed by atoms with Gasteiger partial charge in [-0.15, -0.1) is 0 Å². The Morgan fingerprint density at radius 1 is 1.33 bits per heavy atom. The van der Waals surface area contributed by atoms with Gasteiger partial charge in [0.1, 0.15) is 12.1 Å². The van der Waals surface area contributed by atoms with E-state index in [1.165, 1.54) is 0 Å². The second kappa shape index (κ2) is 4.76. The average molecular weight is 243 g/mol. The number of aryl methyl sites for hydroxylation is 1. The van der Waals surface area contributed by atoms with Gasteiger partial charge in [-0.3, -0.25) is 0 Å². The summed E-state index contributed by atoms with van der Waals surface area (Å²) in [5.74, 6) is 1.75. The molecule has 0 aromatic carbocycles. The van der Waals surface area contributed by atoms with Crippen LogP contribution in [0.2, 0.25) is 0 Å². The Hall–Kier alpha value is -1.91. The third kappa shape index (κ3) is 2.20. The molecule has 0 saturated carbocycles. The highest BCUT2D eigenvalue weighted by atomic mass is 15.3. The van der Waals surface area contributed by atoms with E-state index in [9.17, 15) is 0 Å². The molecular formula is C13H17N5. The first-order valence-corrected chi connectivity index (χ1v) is 6.36. The van der Waals surface area contributed by atoms with Crippen molar-refractivity contribution >= 4 is 5.82 Å². The van der Waals surface area contributed by atoms with Crippen molar-refractivity contribution in [1.82, 2.24) is 19.5 Å². The number of anilines is 1. The predicted molar refractivity (Wildman–Crippen MR) is 69.3 cm³/mol. The molecule has 18 heavy (non-hydrogen) atoms. The molecule has 0 aliphatic carbocycles. The Kier molecular flexibility index (Phi) is 2.96. The van der Waals surface area contributed by atoms with Crippen LogP contribution in [-0.2, 0) is 13.0 Å². The van der Waals surface area contributed by atoms with Crippen LogP contribution >= 0.6 is 0 Å². The van der Waals surface area contributed by atoms with E-state index in [2.05, 4.69) is 37.4 Å². The summed E-state index contributed by atoms with van der Waals surface area (Å²) in [7, 11) is 0. The molecule has 1 aliphatic heterocycles. The van der Waals surface area contributed by atoms with Crippen molar-refractivity contribution in [3.8, 4) is 0 Å². The number of nitrogens with zero attached hydrogens (tertiary/aromatic N) is 5. The van der Waals surface area contributed by atoms with Gasteiger partial charge in [-0.2, -0.15) is 0 Å². The summed E-state index contributed by atoms with van der Waals surface area (Å²) < 4.78 is 2.14. The SMILES string of the molecule is CCc1cc(N2CC(Cn3ccnc3)C2)ncn1. The molecule has 1 aliphatic rings. The largest absolute Gasteiger partial charge is 0.356 e. The molecule has 0 atom stereocenters. The molecular weight excluding hydrogens is 226 g/mol. The minimum atomic E-state index is 0.694. The quantitative estimate of drug-likeness (QED) is 0.813. The number of rotatable bonds is 4. The van der Waals surface area contributed by atoms with E-state index < -0.39 is 0 Å². The molecule has 0 N–H and O–H groups in total. The lowest BCUT2D eigenvalue weighted by Crippen LogP contribution is -2.48. The van der Waals surface area contributed by atoms with E-state index in [4.69, 9.17) is 0 Å². The van der Waals surface area contributed by atoms with E-state index in [0.29, 0.717) is 5.92 Å². The Labute approximate surface area is 107 Å². The maximum absolute atomic E-state index is 4.34. The van der Waals surface area contributed by atoms with Gasteiger partial charge in [0.15, 0.2) is 0 Å². The first-order valence-electron chi connectivity index (χ1n) is 6.36. The second-order valence-electron chi connectivity index (χ2n) is 4.75. The molecule has 0 radical (unpaired) electrons.